The van der Waals surface area contributed by atoms with Gasteiger partial charge in [0.05, 0.1) is 12.1 Å². The molecule has 0 bridgehead atoms. The van der Waals surface area contributed by atoms with Crippen LogP contribution in [0.25, 0.3) is 0 Å². The second kappa shape index (κ2) is 5.34. The maximum atomic E-state index is 5.23. The smallest absolute Gasteiger partial charge is 0.194 e. The molecule has 1 aliphatic heterocycles. The van der Waals surface area contributed by atoms with Gasteiger partial charge < -0.3 is 15.0 Å². The van der Waals surface area contributed by atoms with Crippen molar-refractivity contribution in [2.45, 2.75) is 38.0 Å². The number of aliphatic imine (C=N–C) groups is 1. The summed E-state index contributed by atoms with van der Waals surface area (Å²) in [6.07, 6.45) is 2.59. The lowest BCUT2D eigenvalue weighted by Gasteiger charge is -2.31. The third kappa shape index (κ3) is 2.96. The van der Waals surface area contributed by atoms with Gasteiger partial charge >= 0.3 is 0 Å². The van der Waals surface area contributed by atoms with Crippen molar-refractivity contribution < 1.29 is 4.74 Å². The first-order valence-corrected chi connectivity index (χ1v) is 5.27. The molecule has 5 heteroatoms. The molecule has 0 aromatic rings. The van der Waals surface area contributed by atoms with Crippen LogP contribution < -0.4 is 5.32 Å². The standard InChI is InChI=1S/C10H19N3O.HI/c1-7-6-13(2)10(11-7)12-8-4-9(5-8)14-3;/h7-9H,4-6H2,1-3H3,(H,11,12);1H. The van der Waals surface area contributed by atoms with Crippen molar-refractivity contribution in [1.82, 2.24) is 10.2 Å². The van der Waals surface area contributed by atoms with Crippen molar-refractivity contribution in [1.29, 1.82) is 0 Å². The normalized spacial score (nSPS) is 37.1. The van der Waals surface area contributed by atoms with Gasteiger partial charge in [0.2, 0.25) is 0 Å². The number of rotatable bonds is 2. The largest absolute Gasteiger partial charge is 0.381 e. The van der Waals surface area contributed by atoms with Gasteiger partial charge in [-0.2, -0.15) is 0 Å². The zero-order valence-corrected chi connectivity index (χ0v) is 11.9. The number of halogens is 1. The molecule has 0 amide bonds. The van der Waals surface area contributed by atoms with Crippen molar-refractivity contribution in [3.8, 4) is 0 Å². The van der Waals surface area contributed by atoms with Gasteiger partial charge in [-0.1, -0.05) is 0 Å². The summed E-state index contributed by atoms with van der Waals surface area (Å²) in [5.41, 5.74) is 0. The van der Waals surface area contributed by atoms with E-state index in [1.165, 1.54) is 0 Å². The highest BCUT2D eigenvalue weighted by atomic mass is 127. The predicted molar refractivity (Wildman–Crippen MR) is 71.9 cm³/mol. The van der Waals surface area contributed by atoms with E-state index < -0.39 is 0 Å². The summed E-state index contributed by atoms with van der Waals surface area (Å²) >= 11 is 0. The maximum absolute atomic E-state index is 5.23. The van der Waals surface area contributed by atoms with E-state index in [1.807, 2.05) is 0 Å². The number of likely N-dealkylation sites (N-methyl/N-ethyl adjacent to an activating group) is 1. The number of ether oxygens (including phenoxy) is 1. The van der Waals surface area contributed by atoms with E-state index in [0.717, 1.165) is 25.3 Å². The van der Waals surface area contributed by atoms with Gasteiger partial charge in [0.1, 0.15) is 0 Å². The average molecular weight is 325 g/mol. The van der Waals surface area contributed by atoms with Gasteiger partial charge in [0, 0.05) is 26.7 Å². The molecule has 2 rings (SSSR count). The SMILES string of the molecule is COC1CC(N=C2NC(C)CN2C)C1.I. The van der Waals surface area contributed by atoms with Crippen LogP contribution in [0.3, 0.4) is 0 Å². The van der Waals surface area contributed by atoms with Gasteiger partial charge in [-0.3, -0.25) is 0 Å². The highest BCUT2D eigenvalue weighted by Crippen LogP contribution is 2.26. The van der Waals surface area contributed by atoms with Crippen molar-refractivity contribution in [3.63, 3.8) is 0 Å². The Bertz CT molecular complexity index is 241. The van der Waals surface area contributed by atoms with Gasteiger partial charge in [-0.25, -0.2) is 4.99 Å². The van der Waals surface area contributed by atoms with Gasteiger partial charge in [0.15, 0.2) is 5.96 Å². The van der Waals surface area contributed by atoms with Crippen LogP contribution in [0.4, 0.5) is 0 Å². The molecular formula is C10H20IN3O. The zero-order chi connectivity index (χ0) is 10.1. The van der Waals surface area contributed by atoms with E-state index in [1.54, 1.807) is 7.11 Å². The Balaban J connectivity index is 0.00000112. The molecule has 1 atom stereocenters. The lowest BCUT2D eigenvalue weighted by molar-refractivity contribution is 0.0282. The molecule has 1 unspecified atom stereocenters. The van der Waals surface area contributed by atoms with Gasteiger partial charge in [-0.05, 0) is 19.8 Å². The Morgan fingerprint density at radius 3 is 2.60 bits per heavy atom. The number of hydrogen-bond donors (Lipinski definition) is 1. The van der Waals surface area contributed by atoms with Crippen LogP contribution in [-0.2, 0) is 4.74 Å². The first-order chi connectivity index (χ1) is 6.69. The summed E-state index contributed by atoms with van der Waals surface area (Å²) in [6.45, 7) is 3.23. The molecule has 15 heavy (non-hydrogen) atoms. The first-order valence-electron chi connectivity index (χ1n) is 5.27. The first kappa shape index (κ1) is 13.0. The number of methoxy groups -OCH3 is 1. The lowest BCUT2D eigenvalue weighted by Crippen LogP contribution is -2.37. The Morgan fingerprint density at radius 2 is 2.13 bits per heavy atom. The highest BCUT2D eigenvalue weighted by molar-refractivity contribution is 14.0. The molecule has 88 valence electrons. The average Bonchev–Trinajstić information content (AvgIpc) is 2.37. The summed E-state index contributed by atoms with van der Waals surface area (Å²) in [5, 5.41) is 3.37. The zero-order valence-electron chi connectivity index (χ0n) is 9.56. The van der Waals surface area contributed by atoms with Crippen LogP contribution in [-0.4, -0.2) is 49.7 Å². The second-order valence-corrected chi connectivity index (χ2v) is 4.36. The van der Waals surface area contributed by atoms with Crippen LogP contribution in [0, 0.1) is 0 Å². The number of nitrogens with zero attached hydrogens (tertiary/aromatic N) is 2. The third-order valence-electron chi connectivity index (χ3n) is 2.99. The maximum Gasteiger partial charge on any atom is 0.194 e. The molecule has 1 saturated carbocycles. The number of guanidine groups is 1. The van der Waals surface area contributed by atoms with Crippen molar-refractivity contribution in [2.24, 2.45) is 4.99 Å². The van der Waals surface area contributed by atoms with E-state index >= 15 is 0 Å². The summed E-state index contributed by atoms with van der Waals surface area (Å²) in [7, 11) is 3.86. The van der Waals surface area contributed by atoms with Crippen LogP contribution in [0.5, 0.6) is 0 Å². The molecular weight excluding hydrogens is 305 g/mol. The monoisotopic (exact) mass is 325 g/mol. The summed E-state index contributed by atoms with van der Waals surface area (Å²) in [5.74, 6) is 1.05. The molecule has 2 aliphatic rings. The summed E-state index contributed by atoms with van der Waals surface area (Å²) in [4.78, 5) is 6.85. The molecule has 2 fully saturated rings. The van der Waals surface area contributed by atoms with Crippen molar-refractivity contribution >= 4 is 29.9 Å². The molecule has 0 aromatic carbocycles. The molecule has 0 aromatic heterocycles. The topological polar surface area (TPSA) is 36.9 Å². The molecule has 1 heterocycles. The van der Waals surface area contributed by atoms with E-state index in [0.29, 0.717) is 18.2 Å². The second-order valence-electron chi connectivity index (χ2n) is 4.36. The quantitative estimate of drug-likeness (QED) is 0.772. The van der Waals surface area contributed by atoms with E-state index in [4.69, 9.17) is 4.74 Å². The Morgan fingerprint density at radius 1 is 1.47 bits per heavy atom. The number of hydrogen-bond acceptors (Lipinski definition) is 2. The van der Waals surface area contributed by atoms with E-state index in [9.17, 15) is 0 Å². The summed E-state index contributed by atoms with van der Waals surface area (Å²) < 4.78 is 5.23. The lowest BCUT2D eigenvalue weighted by atomic mass is 9.90. The fourth-order valence-corrected chi connectivity index (χ4v) is 2.02. The Kier molecular flexibility index (Phi) is 4.64. The summed E-state index contributed by atoms with van der Waals surface area (Å²) in [6, 6.07) is 0.993. The fourth-order valence-electron chi connectivity index (χ4n) is 2.02. The van der Waals surface area contributed by atoms with Gasteiger partial charge in [0.25, 0.3) is 0 Å². The Hall–Kier alpha value is -0.0400. The van der Waals surface area contributed by atoms with Crippen LogP contribution in [0.1, 0.15) is 19.8 Å². The Labute approximate surface area is 108 Å². The van der Waals surface area contributed by atoms with Crippen LogP contribution >= 0.6 is 24.0 Å². The van der Waals surface area contributed by atoms with Crippen molar-refractivity contribution in [3.05, 3.63) is 0 Å². The minimum absolute atomic E-state index is 0. The van der Waals surface area contributed by atoms with E-state index in [2.05, 4.69) is 29.2 Å². The highest BCUT2D eigenvalue weighted by Gasteiger charge is 2.30. The molecule has 4 nitrogen and oxygen atoms in total. The van der Waals surface area contributed by atoms with Crippen LogP contribution in [0.15, 0.2) is 4.99 Å². The minimum atomic E-state index is 0. The third-order valence-corrected chi connectivity index (χ3v) is 2.99. The number of nitrogens with one attached hydrogen (secondary N) is 1. The van der Waals surface area contributed by atoms with Crippen molar-refractivity contribution in [2.75, 3.05) is 20.7 Å². The van der Waals surface area contributed by atoms with Gasteiger partial charge in [-0.15, -0.1) is 24.0 Å². The predicted octanol–water partition coefficient (Wildman–Crippen LogP) is 1.06. The molecule has 1 N–H and O–H groups in total. The molecule has 0 radical (unpaired) electrons. The molecule has 1 aliphatic carbocycles. The molecule has 0 spiro atoms. The molecule has 1 saturated heterocycles. The van der Waals surface area contributed by atoms with Crippen LogP contribution in [0.2, 0.25) is 0 Å². The minimum Gasteiger partial charge on any atom is -0.381 e. The van der Waals surface area contributed by atoms with E-state index in [-0.39, 0.29) is 24.0 Å². The fraction of sp³-hybridized carbons (Fsp3) is 0.900.